The summed E-state index contributed by atoms with van der Waals surface area (Å²) >= 11 is 0. The molecular weight excluding hydrogens is 408 g/mol. The van der Waals surface area contributed by atoms with E-state index in [0.29, 0.717) is 0 Å². The first-order valence-corrected chi connectivity index (χ1v) is 8.84. The van der Waals surface area contributed by atoms with Gasteiger partial charge in [-0.3, -0.25) is 28.8 Å². The first-order valence-electron chi connectivity index (χ1n) is 8.84. The molecule has 0 aromatic rings. The maximum absolute atomic E-state index is 12.3. The van der Waals surface area contributed by atoms with Crippen molar-refractivity contribution in [1.82, 2.24) is 0 Å². The Labute approximate surface area is 173 Å². The van der Waals surface area contributed by atoms with Crippen LogP contribution in [0.15, 0.2) is 0 Å². The highest BCUT2D eigenvalue weighted by Crippen LogP contribution is 2.28. The molecule has 0 saturated carbocycles. The zero-order chi connectivity index (χ0) is 23.0. The Morgan fingerprint density at radius 3 is 1.67 bits per heavy atom. The smallest absolute Gasteiger partial charge is 0.311 e. The van der Waals surface area contributed by atoms with E-state index in [-0.39, 0.29) is 58.7 Å². The third-order valence-corrected chi connectivity index (χ3v) is 3.78. The summed E-state index contributed by atoms with van der Waals surface area (Å²) in [4.78, 5) is 65.8. The van der Waals surface area contributed by atoms with E-state index in [4.69, 9.17) is 9.47 Å². The molecule has 0 amide bonds. The summed E-state index contributed by atoms with van der Waals surface area (Å²) in [6, 6.07) is 0. The zero-order valence-electron chi connectivity index (χ0n) is 17.0. The molecule has 170 valence electrons. The van der Waals surface area contributed by atoms with Crippen molar-refractivity contribution in [3.05, 3.63) is 0 Å². The van der Waals surface area contributed by atoms with Crippen LogP contribution in [0, 0.1) is 11.3 Å². The second-order valence-corrected chi connectivity index (χ2v) is 6.79. The molecule has 0 aromatic carbocycles. The van der Waals surface area contributed by atoms with Crippen LogP contribution in [-0.2, 0) is 57.2 Å². The molecule has 0 aromatic heterocycles. The molecule has 30 heavy (non-hydrogen) atoms. The number of esters is 2. The van der Waals surface area contributed by atoms with E-state index in [0.717, 1.165) is 0 Å². The van der Waals surface area contributed by atoms with E-state index in [9.17, 15) is 28.8 Å². The fourth-order valence-corrected chi connectivity index (χ4v) is 2.32. The van der Waals surface area contributed by atoms with E-state index < -0.39 is 35.5 Å². The summed E-state index contributed by atoms with van der Waals surface area (Å²) in [5.74, 6) is -2.06. The SMILES string of the molecule is CC(CC(C)(C)C(=O)OCC(COC=O)OC=O)C(=O)OCC(COC=O)OC=O. The lowest BCUT2D eigenvalue weighted by atomic mass is 9.83. The van der Waals surface area contributed by atoms with Gasteiger partial charge in [-0.2, -0.15) is 0 Å². The van der Waals surface area contributed by atoms with Crippen molar-refractivity contribution >= 4 is 37.8 Å². The highest BCUT2D eigenvalue weighted by molar-refractivity contribution is 5.78. The van der Waals surface area contributed by atoms with Crippen LogP contribution in [0.1, 0.15) is 27.2 Å². The van der Waals surface area contributed by atoms with E-state index in [1.54, 1.807) is 13.8 Å². The molecule has 0 rings (SSSR count). The maximum Gasteiger partial charge on any atom is 0.311 e. The quantitative estimate of drug-likeness (QED) is 0.156. The Morgan fingerprint density at radius 1 is 0.767 bits per heavy atom. The lowest BCUT2D eigenvalue weighted by molar-refractivity contribution is -0.166. The fourth-order valence-electron chi connectivity index (χ4n) is 2.32. The number of hydrogen-bond acceptors (Lipinski definition) is 12. The average Bonchev–Trinajstić information content (AvgIpc) is 2.71. The first-order chi connectivity index (χ1) is 14.2. The van der Waals surface area contributed by atoms with Crippen molar-refractivity contribution in [3.8, 4) is 0 Å². The Kier molecular flexibility index (Phi) is 13.2. The molecule has 0 heterocycles. The van der Waals surface area contributed by atoms with Gasteiger partial charge < -0.3 is 28.4 Å². The molecule has 0 radical (unpaired) electrons. The molecule has 0 fully saturated rings. The average molecular weight is 434 g/mol. The van der Waals surface area contributed by atoms with Crippen molar-refractivity contribution in [3.63, 3.8) is 0 Å². The first kappa shape index (κ1) is 26.8. The molecule has 0 aliphatic rings. The highest BCUT2D eigenvalue weighted by atomic mass is 16.6. The van der Waals surface area contributed by atoms with Crippen LogP contribution < -0.4 is 0 Å². The minimum Gasteiger partial charge on any atom is -0.464 e. The van der Waals surface area contributed by atoms with Gasteiger partial charge in [0.2, 0.25) is 0 Å². The summed E-state index contributed by atoms with van der Waals surface area (Å²) in [5.41, 5.74) is -1.10. The molecule has 0 aliphatic heterocycles. The normalized spacial score (nSPS) is 13.6. The van der Waals surface area contributed by atoms with Crippen molar-refractivity contribution < 1.29 is 57.2 Å². The van der Waals surface area contributed by atoms with Crippen LogP contribution in [0.25, 0.3) is 0 Å². The van der Waals surface area contributed by atoms with Gasteiger partial charge in [-0.15, -0.1) is 0 Å². The van der Waals surface area contributed by atoms with Crippen LogP contribution in [-0.4, -0.2) is 76.5 Å². The topological polar surface area (TPSA) is 158 Å². The van der Waals surface area contributed by atoms with E-state index >= 15 is 0 Å². The third-order valence-electron chi connectivity index (χ3n) is 3.78. The summed E-state index contributed by atoms with van der Waals surface area (Å²) < 4.78 is 28.3. The van der Waals surface area contributed by atoms with Gasteiger partial charge in [0.25, 0.3) is 25.9 Å². The summed E-state index contributed by atoms with van der Waals surface area (Å²) in [5, 5.41) is 0. The van der Waals surface area contributed by atoms with Gasteiger partial charge in [-0.1, -0.05) is 6.92 Å². The fraction of sp³-hybridized carbons (Fsp3) is 0.667. The van der Waals surface area contributed by atoms with E-state index in [1.807, 2.05) is 0 Å². The van der Waals surface area contributed by atoms with Gasteiger partial charge in [-0.05, 0) is 20.3 Å². The molecule has 0 aliphatic carbocycles. The molecule has 0 bridgehead atoms. The number of hydrogen-bond donors (Lipinski definition) is 0. The number of rotatable bonds is 18. The Balaban J connectivity index is 4.63. The Bertz CT molecular complexity index is 574. The molecular formula is C18H26O12. The zero-order valence-corrected chi connectivity index (χ0v) is 17.0. The van der Waals surface area contributed by atoms with Crippen molar-refractivity contribution in [2.45, 2.75) is 39.4 Å². The van der Waals surface area contributed by atoms with Gasteiger partial charge in [0.1, 0.15) is 26.4 Å². The van der Waals surface area contributed by atoms with Crippen LogP contribution in [0.2, 0.25) is 0 Å². The van der Waals surface area contributed by atoms with Crippen LogP contribution in [0.5, 0.6) is 0 Å². The van der Waals surface area contributed by atoms with Crippen LogP contribution in [0.4, 0.5) is 0 Å². The lowest BCUT2D eigenvalue weighted by Crippen LogP contribution is -2.35. The third kappa shape index (κ3) is 11.0. The van der Waals surface area contributed by atoms with Crippen LogP contribution in [0.3, 0.4) is 0 Å². The van der Waals surface area contributed by atoms with Gasteiger partial charge in [-0.25, -0.2) is 0 Å². The predicted molar refractivity (Wildman–Crippen MR) is 95.4 cm³/mol. The standard InChI is InChI=1S/C18H26O12/c1-13(16(23)27-7-14(29-11-21)5-25-9-19)4-18(2,3)17(24)28-8-15(30-12-22)6-26-10-20/h9-15H,4-8H2,1-3H3. The largest absolute Gasteiger partial charge is 0.464 e. The van der Waals surface area contributed by atoms with Crippen molar-refractivity contribution in [2.75, 3.05) is 26.4 Å². The molecule has 3 atom stereocenters. The van der Waals surface area contributed by atoms with Crippen LogP contribution >= 0.6 is 0 Å². The van der Waals surface area contributed by atoms with Gasteiger partial charge in [0, 0.05) is 0 Å². The molecule has 0 spiro atoms. The molecule has 3 unspecified atom stereocenters. The Morgan fingerprint density at radius 2 is 1.23 bits per heavy atom. The number of carbonyl (C=O) groups is 6. The maximum atomic E-state index is 12.3. The molecule has 12 heteroatoms. The predicted octanol–water partition coefficient (Wildman–Crippen LogP) is -0.446. The van der Waals surface area contributed by atoms with Crippen molar-refractivity contribution in [1.29, 1.82) is 0 Å². The second kappa shape index (κ2) is 14.8. The van der Waals surface area contributed by atoms with Gasteiger partial charge in [0.15, 0.2) is 12.2 Å². The molecule has 0 N–H and O–H groups in total. The van der Waals surface area contributed by atoms with E-state index in [1.165, 1.54) is 6.92 Å². The number of ether oxygens (including phenoxy) is 6. The monoisotopic (exact) mass is 434 g/mol. The summed E-state index contributed by atoms with van der Waals surface area (Å²) in [6.07, 6.45) is -1.86. The van der Waals surface area contributed by atoms with E-state index in [2.05, 4.69) is 18.9 Å². The lowest BCUT2D eigenvalue weighted by Gasteiger charge is -2.26. The van der Waals surface area contributed by atoms with Gasteiger partial charge in [0.05, 0.1) is 11.3 Å². The molecule has 0 saturated heterocycles. The Hall–Kier alpha value is -3.18. The highest BCUT2D eigenvalue weighted by Gasteiger charge is 2.34. The summed E-state index contributed by atoms with van der Waals surface area (Å²) in [6.45, 7) is 4.00. The van der Waals surface area contributed by atoms with Gasteiger partial charge >= 0.3 is 11.9 Å². The molecule has 12 nitrogen and oxygen atoms in total. The second-order valence-electron chi connectivity index (χ2n) is 6.79. The minimum absolute atomic E-state index is 0.0543. The van der Waals surface area contributed by atoms with Crippen molar-refractivity contribution in [2.24, 2.45) is 11.3 Å². The number of carbonyl (C=O) groups excluding carboxylic acids is 6. The summed E-state index contributed by atoms with van der Waals surface area (Å²) in [7, 11) is 0. The minimum atomic E-state index is -1.10.